The third kappa shape index (κ3) is 3.87. The molecule has 2 aromatic rings. The lowest BCUT2D eigenvalue weighted by Gasteiger charge is -2.27. The Balaban J connectivity index is 1.56. The maximum atomic E-state index is 5.71. The van der Waals surface area contributed by atoms with Gasteiger partial charge in [0, 0.05) is 25.2 Å². The Morgan fingerprint density at radius 3 is 2.90 bits per heavy atom. The number of benzene rings is 1. The van der Waals surface area contributed by atoms with E-state index in [2.05, 4.69) is 20.4 Å². The Morgan fingerprint density at radius 1 is 1.29 bits per heavy atom. The number of hydrogen-bond donors (Lipinski definition) is 1. The first kappa shape index (κ1) is 14.2. The molecule has 1 atom stereocenters. The highest BCUT2D eigenvalue weighted by Gasteiger charge is 2.17. The van der Waals surface area contributed by atoms with Gasteiger partial charge in [-0.25, -0.2) is 0 Å². The number of morpholine rings is 1. The van der Waals surface area contributed by atoms with Gasteiger partial charge in [0.1, 0.15) is 0 Å². The Hall–Kier alpha value is -1.76. The lowest BCUT2D eigenvalue weighted by Crippen LogP contribution is -2.44. The van der Waals surface area contributed by atoms with Gasteiger partial charge >= 0.3 is 0 Å². The van der Waals surface area contributed by atoms with Crippen molar-refractivity contribution in [3.8, 4) is 11.5 Å². The normalized spacial score (nSPS) is 19.0. The molecule has 1 N–H and O–H groups in total. The zero-order chi connectivity index (χ0) is 14.5. The number of aromatic nitrogens is 2. The maximum absolute atomic E-state index is 5.71. The molecular formula is C15H20N4O2. The van der Waals surface area contributed by atoms with E-state index in [1.807, 2.05) is 37.4 Å². The van der Waals surface area contributed by atoms with E-state index in [1.165, 1.54) is 0 Å². The highest BCUT2D eigenvalue weighted by atomic mass is 16.5. The number of ether oxygens (including phenoxy) is 1. The average Bonchev–Trinajstić information content (AvgIpc) is 2.97. The van der Waals surface area contributed by atoms with Crippen LogP contribution in [-0.4, -0.2) is 54.5 Å². The van der Waals surface area contributed by atoms with Crippen molar-refractivity contribution in [1.29, 1.82) is 0 Å². The van der Waals surface area contributed by atoms with E-state index in [0.717, 1.165) is 31.8 Å². The molecule has 1 aromatic carbocycles. The third-order valence-electron chi connectivity index (χ3n) is 3.41. The van der Waals surface area contributed by atoms with Crippen LogP contribution in [0.25, 0.3) is 11.5 Å². The molecule has 0 aliphatic carbocycles. The molecule has 2 heterocycles. The molecular weight excluding hydrogens is 268 g/mol. The number of likely N-dealkylation sites (N-methyl/N-ethyl adjacent to an activating group) is 1. The molecule has 1 aliphatic heterocycles. The van der Waals surface area contributed by atoms with Crippen LogP contribution in [0.5, 0.6) is 0 Å². The molecule has 0 saturated carbocycles. The first-order valence-corrected chi connectivity index (χ1v) is 7.20. The maximum Gasteiger partial charge on any atom is 0.247 e. The second-order valence-electron chi connectivity index (χ2n) is 5.26. The summed E-state index contributed by atoms with van der Waals surface area (Å²) in [5.74, 6) is 1.19. The van der Waals surface area contributed by atoms with Gasteiger partial charge in [0.2, 0.25) is 11.8 Å². The lowest BCUT2D eigenvalue weighted by atomic mass is 10.2. The van der Waals surface area contributed by atoms with Crippen LogP contribution in [0, 0.1) is 0 Å². The predicted octanol–water partition coefficient (Wildman–Crippen LogP) is 1.16. The van der Waals surface area contributed by atoms with E-state index < -0.39 is 0 Å². The van der Waals surface area contributed by atoms with Crippen molar-refractivity contribution in [2.24, 2.45) is 0 Å². The predicted molar refractivity (Wildman–Crippen MR) is 78.7 cm³/mol. The fourth-order valence-corrected chi connectivity index (χ4v) is 2.39. The Bertz CT molecular complexity index is 552. The summed E-state index contributed by atoms with van der Waals surface area (Å²) in [6.07, 6.45) is 0.222. The molecule has 1 unspecified atom stereocenters. The van der Waals surface area contributed by atoms with Crippen molar-refractivity contribution >= 4 is 0 Å². The third-order valence-corrected chi connectivity index (χ3v) is 3.41. The van der Waals surface area contributed by atoms with Gasteiger partial charge in [-0.2, -0.15) is 0 Å². The van der Waals surface area contributed by atoms with E-state index in [-0.39, 0.29) is 6.10 Å². The first-order chi connectivity index (χ1) is 10.3. The fourth-order valence-electron chi connectivity index (χ4n) is 2.39. The van der Waals surface area contributed by atoms with Gasteiger partial charge in [-0.1, -0.05) is 18.2 Å². The van der Waals surface area contributed by atoms with Crippen molar-refractivity contribution in [2.45, 2.75) is 12.6 Å². The van der Waals surface area contributed by atoms with Gasteiger partial charge in [-0.3, -0.25) is 4.90 Å². The molecule has 6 heteroatoms. The van der Waals surface area contributed by atoms with Gasteiger partial charge in [0.25, 0.3) is 0 Å². The molecule has 1 aromatic heterocycles. The molecule has 3 rings (SSSR count). The van der Waals surface area contributed by atoms with E-state index in [9.17, 15) is 0 Å². The van der Waals surface area contributed by atoms with Crippen LogP contribution in [0.4, 0.5) is 0 Å². The Morgan fingerprint density at radius 2 is 2.14 bits per heavy atom. The standard InChI is InChI=1S/C15H20N4O2/c1-19(10-13-9-16-7-8-20-13)11-14-17-18-15(21-14)12-5-3-2-4-6-12/h2-6,13,16H,7-11H2,1H3. The van der Waals surface area contributed by atoms with E-state index >= 15 is 0 Å². The second-order valence-corrected chi connectivity index (χ2v) is 5.26. The quantitative estimate of drug-likeness (QED) is 0.890. The Kier molecular flexibility index (Phi) is 4.59. The smallest absolute Gasteiger partial charge is 0.247 e. The van der Waals surface area contributed by atoms with Crippen molar-refractivity contribution in [1.82, 2.24) is 20.4 Å². The van der Waals surface area contributed by atoms with Crippen LogP contribution in [0.1, 0.15) is 5.89 Å². The highest BCUT2D eigenvalue weighted by molar-refractivity contribution is 5.51. The van der Waals surface area contributed by atoms with Crippen molar-refractivity contribution in [3.05, 3.63) is 36.2 Å². The monoisotopic (exact) mass is 288 g/mol. The van der Waals surface area contributed by atoms with Crippen LogP contribution < -0.4 is 5.32 Å². The minimum absolute atomic E-state index is 0.222. The summed E-state index contributed by atoms with van der Waals surface area (Å²) < 4.78 is 11.4. The van der Waals surface area contributed by atoms with Crippen molar-refractivity contribution in [2.75, 3.05) is 33.3 Å². The molecule has 0 spiro atoms. The number of rotatable bonds is 5. The topological polar surface area (TPSA) is 63.4 Å². The lowest BCUT2D eigenvalue weighted by molar-refractivity contribution is 0.00775. The minimum Gasteiger partial charge on any atom is -0.419 e. The summed E-state index contributed by atoms with van der Waals surface area (Å²) in [6, 6.07) is 9.80. The zero-order valence-electron chi connectivity index (χ0n) is 12.2. The SMILES string of the molecule is CN(Cc1nnc(-c2ccccc2)o1)CC1CNCCO1. The largest absolute Gasteiger partial charge is 0.419 e. The number of hydrogen-bond acceptors (Lipinski definition) is 6. The Labute approximate surface area is 124 Å². The van der Waals surface area contributed by atoms with Gasteiger partial charge in [-0.15, -0.1) is 10.2 Å². The number of nitrogens with one attached hydrogen (secondary N) is 1. The molecule has 0 amide bonds. The molecule has 21 heavy (non-hydrogen) atoms. The minimum atomic E-state index is 0.222. The summed E-state index contributed by atoms with van der Waals surface area (Å²) in [7, 11) is 2.03. The summed E-state index contributed by atoms with van der Waals surface area (Å²) in [5.41, 5.74) is 0.943. The average molecular weight is 288 g/mol. The highest BCUT2D eigenvalue weighted by Crippen LogP contribution is 2.17. The van der Waals surface area contributed by atoms with Crippen molar-refractivity contribution in [3.63, 3.8) is 0 Å². The van der Waals surface area contributed by atoms with Gasteiger partial charge in [0.05, 0.1) is 19.3 Å². The van der Waals surface area contributed by atoms with E-state index in [1.54, 1.807) is 0 Å². The summed E-state index contributed by atoms with van der Waals surface area (Å²) in [4.78, 5) is 2.14. The summed E-state index contributed by atoms with van der Waals surface area (Å²) >= 11 is 0. The molecule has 1 saturated heterocycles. The van der Waals surface area contributed by atoms with Crippen LogP contribution >= 0.6 is 0 Å². The molecule has 1 fully saturated rings. The van der Waals surface area contributed by atoms with Crippen LogP contribution in [-0.2, 0) is 11.3 Å². The van der Waals surface area contributed by atoms with Crippen LogP contribution in [0.2, 0.25) is 0 Å². The first-order valence-electron chi connectivity index (χ1n) is 7.20. The van der Waals surface area contributed by atoms with Crippen molar-refractivity contribution < 1.29 is 9.15 Å². The molecule has 112 valence electrons. The number of nitrogens with zero attached hydrogens (tertiary/aromatic N) is 3. The van der Waals surface area contributed by atoms with E-state index in [0.29, 0.717) is 18.3 Å². The summed E-state index contributed by atoms with van der Waals surface area (Å²) in [5, 5.41) is 11.5. The molecule has 6 nitrogen and oxygen atoms in total. The fraction of sp³-hybridized carbons (Fsp3) is 0.467. The molecule has 0 bridgehead atoms. The summed E-state index contributed by atoms with van der Waals surface area (Å²) in [6.45, 7) is 4.07. The zero-order valence-corrected chi connectivity index (χ0v) is 12.2. The van der Waals surface area contributed by atoms with Crippen LogP contribution in [0.3, 0.4) is 0 Å². The van der Waals surface area contributed by atoms with Gasteiger partial charge < -0.3 is 14.5 Å². The molecule has 1 aliphatic rings. The second kappa shape index (κ2) is 6.80. The van der Waals surface area contributed by atoms with E-state index in [4.69, 9.17) is 9.15 Å². The molecule has 0 radical (unpaired) electrons. The van der Waals surface area contributed by atoms with Gasteiger partial charge in [-0.05, 0) is 19.2 Å². The van der Waals surface area contributed by atoms with Crippen LogP contribution in [0.15, 0.2) is 34.7 Å². The van der Waals surface area contributed by atoms with Gasteiger partial charge in [0.15, 0.2) is 0 Å².